The van der Waals surface area contributed by atoms with Crippen molar-refractivity contribution in [1.29, 1.82) is 0 Å². The number of piperazine rings is 1. The van der Waals surface area contributed by atoms with Gasteiger partial charge in [-0.15, -0.1) is 0 Å². The first-order chi connectivity index (χ1) is 13.3. The predicted octanol–water partition coefficient (Wildman–Crippen LogP) is 6.02. The van der Waals surface area contributed by atoms with Crippen molar-refractivity contribution in [1.82, 2.24) is 10.2 Å². The van der Waals surface area contributed by atoms with E-state index in [9.17, 15) is 0 Å². The van der Waals surface area contributed by atoms with Gasteiger partial charge in [-0.05, 0) is 54.7 Å². The zero-order valence-corrected chi connectivity index (χ0v) is 17.4. The average Bonchev–Trinajstić information content (AvgIpc) is 2.73. The van der Waals surface area contributed by atoms with Crippen LogP contribution in [0.15, 0.2) is 58.3 Å². The quantitative estimate of drug-likeness (QED) is 0.660. The molecule has 0 spiro atoms. The van der Waals surface area contributed by atoms with E-state index >= 15 is 0 Å². The maximum absolute atomic E-state index is 6.08. The first-order valence-corrected chi connectivity index (χ1v) is 11.5. The van der Waals surface area contributed by atoms with Crippen molar-refractivity contribution < 1.29 is 0 Å². The number of nitrogens with zero attached hydrogens (tertiary/aromatic N) is 1. The fourth-order valence-corrected chi connectivity index (χ4v) is 5.71. The molecule has 0 aromatic heterocycles. The van der Waals surface area contributed by atoms with Gasteiger partial charge < -0.3 is 5.32 Å². The van der Waals surface area contributed by atoms with Gasteiger partial charge in [-0.1, -0.05) is 60.8 Å². The fraction of sp³-hybridized carbons (Fsp3) is 0.478. The average molecular weight is 401 g/mol. The third-order valence-electron chi connectivity index (χ3n) is 5.92. The van der Waals surface area contributed by atoms with Crippen LogP contribution in [0, 0.1) is 5.92 Å². The first-order valence-electron chi connectivity index (χ1n) is 10.3. The van der Waals surface area contributed by atoms with Gasteiger partial charge in [0.2, 0.25) is 0 Å². The van der Waals surface area contributed by atoms with Crippen LogP contribution in [0.1, 0.15) is 43.7 Å². The third kappa shape index (κ3) is 4.89. The molecule has 1 heterocycles. The van der Waals surface area contributed by atoms with Crippen LogP contribution in [0.4, 0.5) is 0 Å². The van der Waals surface area contributed by atoms with Crippen molar-refractivity contribution >= 4 is 23.4 Å². The maximum atomic E-state index is 6.08. The number of hydrogen-bond donors (Lipinski definition) is 1. The molecule has 4 heteroatoms. The number of benzene rings is 2. The summed E-state index contributed by atoms with van der Waals surface area (Å²) in [5, 5.41) is 4.32. The van der Waals surface area contributed by atoms with Crippen LogP contribution in [-0.4, -0.2) is 31.1 Å². The van der Waals surface area contributed by atoms with Crippen molar-refractivity contribution in [3.05, 3.63) is 59.1 Å². The Balaban J connectivity index is 1.65. The minimum Gasteiger partial charge on any atom is -0.314 e. The van der Waals surface area contributed by atoms with E-state index in [0.29, 0.717) is 6.04 Å². The fourth-order valence-electron chi connectivity index (χ4n) is 4.61. The molecule has 27 heavy (non-hydrogen) atoms. The summed E-state index contributed by atoms with van der Waals surface area (Å²) in [5.41, 5.74) is 1.52. The van der Waals surface area contributed by atoms with Crippen LogP contribution >= 0.6 is 23.4 Å². The summed E-state index contributed by atoms with van der Waals surface area (Å²) in [6, 6.07) is 17.9. The Bertz CT molecular complexity index is 703. The van der Waals surface area contributed by atoms with Gasteiger partial charge in [0.05, 0.1) is 0 Å². The van der Waals surface area contributed by atoms with E-state index in [4.69, 9.17) is 11.6 Å². The van der Waals surface area contributed by atoms with Crippen LogP contribution in [-0.2, 0) is 0 Å². The molecule has 2 aliphatic rings. The number of hydrogen-bond acceptors (Lipinski definition) is 3. The lowest BCUT2D eigenvalue weighted by Crippen LogP contribution is -2.47. The second-order valence-corrected chi connectivity index (χ2v) is 9.27. The topological polar surface area (TPSA) is 15.3 Å². The first kappa shape index (κ1) is 19.3. The molecule has 0 bridgehead atoms. The molecule has 1 aliphatic carbocycles. The third-order valence-corrected chi connectivity index (χ3v) is 7.27. The van der Waals surface area contributed by atoms with Gasteiger partial charge in [0.25, 0.3) is 0 Å². The van der Waals surface area contributed by atoms with Gasteiger partial charge in [0.1, 0.15) is 0 Å². The van der Waals surface area contributed by atoms with Gasteiger partial charge in [-0.2, -0.15) is 0 Å². The molecule has 4 rings (SSSR count). The van der Waals surface area contributed by atoms with Gasteiger partial charge in [-0.3, -0.25) is 4.90 Å². The minimum absolute atomic E-state index is 0.545. The van der Waals surface area contributed by atoms with Crippen molar-refractivity contribution in [2.45, 2.75) is 47.9 Å². The smallest absolute Gasteiger partial charge is 0.0406 e. The minimum atomic E-state index is 0.545. The molecule has 0 radical (unpaired) electrons. The predicted molar refractivity (Wildman–Crippen MR) is 116 cm³/mol. The summed E-state index contributed by atoms with van der Waals surface area (Å²) in [5.74, 6) is 0.781. The molecule has 2 aromatic rings. The summed E-state index contributed by atoms with van der Waals surface area (Å²) >= 11 is 7.96. The molecular formula is C23H29ClN2S. The lowest BCUT2D eigenvalue weighted by molar-refractivity contribution is 0.101. The zero-order chi connectivity index (χ0) is 18.5. The maximum Gasteiger partial charge on any atom is 0.0406 e. The van der Waals surface area contributed by atoms with Gasteiger partial charge in [0.15, 0.2) is 0 Å². The Hall–Kier alpha value is -1.00. The second kappa shape index (κ2) is 9.47. The van der Waals surface area contributed by atoms with E-state index in [2.05, 4.69) is 46.6 Å². The highest BCUT2D eigenvalue weighted by Crippen LogP contribution is 2.43. The second-order valence-electron chi connectivity index (χ2n) is 7.72. The Kier molecular flexibility index (Phi) is 6.78. The highest BCUT2D eigenvalue weighted by Gasteiger charge is 2.32. The highest BCUT2D eigenvalue weighted by molar-refractivity contribution is 7.99. The molecule has 1 aliphatic heterocycles. The van der Waals surface area contributed by atoms with Gasteiger partial charge in [0, 0.05) is 47.0 Å². The Morgan fingerprint density at radius 2 is 1.63 bits per heavy atom. The van der Waals surface area contributed by atoms with Crippen LogP contribution in [0.5, 0.6) is 0 Å². The molecule has 1 saturated heterocycles. The lowest BCUT2D eigenvalue weighted by Gasteiger charge is -2.42. The van der Waals surface area contributed by atoms with Crippen molar-refractivity contribution in [3.8, 4) is 0 Å². The Labute approximate surface area is 172 Å². The summed E-state index contributed by atoms with van der Waals surface area (Å²) in [6.45, 7) is 4.52. The Morgan fingerprint density at radius 1 is 0.926 bits per heavy atom. The lowest BCUT2D eigenvalue weighted by atomic mass is 9.80. The molecule has 2 aromatic carbocycles. The van der Waals surface area contributed by atoms with Gasteiger partial charge in [-0.25, -0.2) is 0 Å². The molecule has 144 valence electrons. The summed E-state index contributed by atoms with van der Waals surface area (Å²) < 4.78 is 0. The normalized spacial score (nSPS) is 20.5. The molecule has 2 fully saturated rings. The van der Waals surface area contributed by atoms with E-state index < -0.39 is 0 Å². The van der Waals surface area contributed by atoms with E-state index in [1.54, 1.807) is 0 Å². The summed E-state index contributed by atoms with van der Waals surface area (Å²) in [7, 11) is 0. The van der Waals surface area contributed by atoms with E-state index in [-0.39, 0.29) is 0 Å². The molecule has 0 amide bonds. The summed E-state index contributed by atoms with van der Waals surface area (Å²) in [4.78, 5) is 5.40. The van der Waals surface area contributed by atoms with E-state index in [0.717, 1.165) is 37.1 Å². The van der Waals surface area contributed by atoms with Crippen LogP contribution < -0.4 is 5.32 Å². The molecule has 1 saturated carbocycles. The summed E-state index contributed by atoms with van der Waals surface area (Å²) in [6.07, 6.45) is 6.93. The Morgan fingerprint density at radius 3 is 2.37 bits per heavy atom. The molecule has 2 nitrogen and oxygen atoms in total. The van der Waals surface area contributed by atoms with E-state index in [1.807, 2.05) is 23.9 Å². The standard InChI is InChI=1S/C23H29ClN2S/c24-19-10-12-20(13-11-19)27-22-9-5-4-8-21(22)23(18-6-2-1-3-7-18)26-16-14-25-15-17-26/h4-5,8-13,18,23,25H,1-3,6-7,14-17H2/t23-/m0/s1. The van der Waals surface area contributed by atoms with Crippen molar-refractivity contribution in [2.75, 3.05) is 26.2 Å². The SMILES string of the molecule is Clc1ccc(Sc2ccccc2[C@H](C2CCCCC2)N2CCNCC2)cc1. The van der Waals surface area contributed by atoms with Gasteiger partial charge >= 0.3 is 0 Å². The molecule has 1 N–H and O–H groups in total. The van der Waals surface area contributed by atoms with Crippen LogP contribution in [0.25, 0.3) is 0 Å². The van der Waals surface area contributed by atoms with Crippen molar-refractivity contribution in [2.24, 2.45) is 5.92 Å². The molecule has 1 atom stereocenters. The monoisotopic (exact) mass is 400 g/mol. The molecule has 0 unspecified atom stereocenters. The number of halogens is 1. The zero-order valence-electron chi connectivity index (χ0n) is 15.9. The molecular weight excluding hydrogens is 372 g/mol. The van der Waals surface area contributed by atoms with Crippen LogP contribution in [0.2, 0.25) is 5.02 Å². The number of nitrogens with one attached hydrogen (secondary N) is 1. The highest BCUT2D eigenvalue weighted by atomic mass is 35.5. The van der Waals surface area contributed by atoms with E-state index in [1.165, 1.54) is 47.5 Å². The number of rotatable bonds is 5. The van der Waals surface area contributed by atoms with Crippen molar-refractivity contribution in [3.63, 3.8) is 0 Å². The van der Waals surface area contributed by atoms with Crippen LogP contribution in [0.3, 0.4) is 0 Å². The largest absolute Gasteiger partial charge is 0.314 e.